The van der Waals surface area contributed by atoms with Gasteiger partial charge in [0, 0.05) is 61.0 Å². The van der Waals surface area contributed by atoms with Gasteiger partial charge in [-0.3, -0.25) is 14.7 Å². The number of rotatable bonds is 9. The van der Waals surface area contributed by atoms with E-state index in [9.17, 15) is 13.7 Å². The molecule has 0 radical (unpaired) electrons. The first-order valence-corrected chi connectivity index (χ1v) is 16.5. The first-order valence-electron chi connectivity index (χ1n) is 15.1. The van der Waals surface area contributed by atoms with Crippen LogP contribution in [0.2, 0.25) is 0 Å². The lowest BCUT2D eigenvalue weighted by Gasteiger charge is -2.46. The minimum Gasteiger partial charge on any atom is -0.497 e. The standard InChI is InChI=1S/C34H34N6O6S/c1-5-46-31-20-26(44-3)7-9-28(31)34(39-16-14-38(15-17-39)25-12-13-36-23(2)18-25)29-19-24(21-35)6-10-30(29)40(33(34)41)47(42,43)32-11-8-27(45-4)22-37-32/h6-13,18-20,22H,5,14-17H2,1-4H3. The van der Waals surface area contributed by atoms with Crippen LogP contribution in [0, 0.1) is 18.3 Å². The maximum atomic E-state index is 15.3. The van der Waals surface area contributed by atoms with E-state index in [-0.39, 0.29) is 22.9 Å². The molecule has 2 aliphatic rings. The molecule has 0 spiro atoms. The third-order valence-electron chi connectivity index (χ3n) is 8.56. The topological polar surface area (TPSA) is 138 Å². The second-order valence-electron chi connectivity index (χ2n) is 11.1. The van der Waals surface area contributed by atoms with E-state index in [0.717, 1.165) is 15.7 Å². The third kappa shape index (κ3) is 5.29. The maximum absolute atomic E-state index is 15.3. The number of hydrogen-bond donors (Lipinski definition) is 0. The smallest absolute Gasteiger partial charge is 0.288 e. The molecule has 1 amide bonds. The molecule has 2 aromatic carbocycles. The summed E-state index contributed by atoms with van der Waals surface area (Å²) in [5.74, 6) is 0.516. The van der Waals surface area contributed by atoms with Gasteiger partial charge in [-0.2, -0.15) is 18.0 Å². The van der Waals surface area contributed by atoms with Crippen molar-refractivity contribution >= 4 is 27.3 Å². The first-order chi connectivity index (χ1) is 22.7. The van der Waals surface area contributed by atoms with E-state index in [2.05, 4.69) is 20.9 Å². The first kappa shape index (κ1) is 31.8. The number of nitriles is 1. The van der Waals surface area contributed by atoms with E-state index in [1.54, 1.807) is 30.5 Å². The van der Waals surface area contributed by atoms with Crippen molar-refractivity contribution in [2.75, 3.05) is 56.2 Å². The van der Waals surface area contributed by atoms with Crippen molar-refractivity contribution in [3.8, 4) is 23.3 Å². The molecule has 0 N–H and O–H groups in total. The zero-order chi connectivity index (χ0) is 33.3. The number of piperazine rings is 1. The van der Waals surface area contributed by atoms with Crippen LogP contribution in [0.5, 0.6) is 17.2 Å². The molecule has 2 aliphatic heterocycles. The van der Waals surface area contributed by atoms with Gasteiger partial charge in [-0.05, 0) is 68.4 Å². The second-order valence-corrected chi connectivity index (χ2v) is 12.8. The average Bonchev–Trinajstić information content (AvgIpc) is 3.36. The Labute approximate surface area is 273 Å². The van der Waals surface area contributed by atoms with Crippen LogP contribution in [-0.4, -0.2) is 76.2 Å². The van der Waals surface area contributed by atoms with E-state index >= 15 is 4.79 Å². The summed E-state index contributed by atoms with van der Waals surface area (Å²) in [6.07, 6.45) is 3.05. The van der Waals surface area contributed by atoms with Crippen LogP contribution in [0.25, 0.3) is 0 Å². The van der Waals surface area contributed by atoms with Gasteiger partial charge >= 0.3 is 0 Å². The minimum atomic E-state index is -4.54. The zero-order valence-electron chi connectivity index (χ0n) is 26.5. The van der Waals surface area contributed by atoms with Crippen LogP contribution >= 0.6 is 0 Å². The lowest BCUT2D eigenvalue weighted by atomic mass is 9.80. The maximum Gasteiger partial charge on any atom is 0.288 e. The molecule has 0 saturated carbocycles. The fraction of sp³-hybridized carbons (Fsp3) is 0.294. The molecule has 12 nitrogen and oxygen atoms in total. The predicted octanol–water partition coefficient (Wildman–Crippen LogP) is 3.87. The number of carbonyl (C=O) groups is 1. The van der Waals surface area contributed by atoms with Crippen molar-refractivity contribution < 1.29 is 27.4 Å². The zero-order valence-corrected chi connectivity index (χ0v) is 27.3. The Morgan fingerprint density at radius 1 is 0.915 bits per heavy atom. The molecular formula is C34H34N6O6S. The molecule has 6 rings (SSSR count). The van der Waals surface area contributed by atoms with Crippen LogP contribution in [0.1, 0.15) is 29.3 Å². The third-order valence-corrected chi connectivity index (χ3v) is 10.2. The molecule has 0 bridgehead atoms. The monoisotopic (exact) mass is 654 g/mol. The van der Waals surface area contributed by atoms with Crippen molar-refractivity contribution in [1.29, 1.82) is 5.26 Å². The van der Waals surface area contributed by atoms with Gasteiger partial charge in [-0.1, -0.05) is 0 Å². The summed E-state index contributed by atoms with van der Waals surface area (Å²) in [4.78, 5) is 27.9. The van der Waals surface area contributed by atoms with E-state index in [1.165, 1.54) is 44.7 Å². The van der Waals surface area contributed by atoms with E-state index < -0.39 is 21.5 Å². The van der Waals surface area contributed by atoms with Gasteiger partial charge < -0.3 is 19.1 Å². The summed E-state index contributed by atoms with van der Waals surface area (Å²) >= 11 is 0. The fourth-order valence-corrected chi connectivity index (χ4v) is 7.76. The van der Waals surface area contributed by atoms with Crippen LogP contribution < -0.4 is 23.4 Å². The van der Waals surface area contributed by atoms with Crippen LogP contribution in [0.3, 0.4) is 0 Å². The van der Waals surface area contributed by atoms with Gasteiger partial charge in [0.15, 0.2) is 10.6 Å². The Hall–Kier alpha value is -5.19. The number of ether oxygens (including phenoxy) is 3. The Bertz CT molecular complexity index is 1970. The number of fused-ring (bicyclic) bond motifs is 1. The van der Waals surface area contributed by atoms with Gasteiger partial charge in [0.2, 0.25) is 0 Å². The highest BCUT2D eigenvalue weighted by molar-refractivity contribution is 7.93. The molecule has 1 unspecified atom stereocenters. The number of aromatic nitrogens is 2. The highest BCUT2D eigenvalue weighted by atomic mass is 32.2. The predicted molar refractivity (Wildman–Crippen MR) is 174 cm³/mol. The van der Waals surface area contributed by atoms with Crippen LogP contribution in [0.15, 0.2) is 78.1 Å². The minimum absolute atomic E-state index is 0.136. The van der Waals surface area contributed by atoms with Crippen LogP contribution in [-0.2, 0) is 20.4 Å². The molecule has 4 aromatic rings. The fourth-order valence-electron chi connectivity index (χ4n) is 6.38. The molecule has 1 saturated heterocycles. The summed E-state index contributed by atoms with van der Waals surface area (Å²) in [7, 11) is -1.55. The van der Waals surface area contributed by atoms with Crippen molar-refractivity contribution in [3.05, 3.63) is 95.4 Å². The number of nitrogens with zero attached hydrogens (tertiary/aromatic N) is 6. The van der Waals surface area contributed by atoms with E-state index in [0.29, 0.717) is 54.6 Å². The van der Waals surface area contributed by atoms with Gasteiger partial charge in [0.25, 0.3) is 15.9 Å². The molecule has 47 heavy (non-hydrogen) atoms. The van der Waals surface area contributed by atoms with Crippen molar-refractivity contribution in [2.24, 2.45) is 0 Å². The van der Waals surface area contributed by atoms with Gasteiger partial charge in [-0.15, -0.1) is 0 Å². The lowest BCUT2D eigenvalue weighted by molar-refractivity contribution is -0.127. The Morgan fingerprint density at radius 2 is 1.66 bits per heavy atom. The molecule has 4 heterocycles. The summed E-state index contributed by atoms with van der Waals surface area (Å²) in [6.45, 7) is 5.89. The number of amides is 1. The molecule has 1 atom stereocenters. The van der Waals surface area contributed by atoms with Gasteiger partial charge in [0.05, 0.1) is 44.3 Å². The number of methoxy groups -OCH3 is 2. The van der Waals surface area contributed by atoms with Gasteiger partial charge in [0.1, 0.15) is 17.2 Å². The molecule has 0 aliphatic carbocycles. The molecule has 13 heteroatoms. The summed E-state index contributed by atoms with van der Waals surface area (Å²) < 4.78 is 46.4. The molecular weight excluding hydrogens is 620 g/mol. The van der Waals surface area contributed by atoms with E-state index in [1.807, 2.05) is 30.9 Å². The lowest BCUT2D eigenvalue weighted by Crippen LogP contribution is -2.60. The van der Waals surface area contributed by atoms with Crippen LogP contribution in [0.4, 0.5) is 11.4 Å². The summed E-state index contributed by atoms with van der Waals surface area (Å²) in [6, 6.07) is 18.7. The Morgan fingerprint density at radius 3 is 2.30 bits per heavy atom. The van der Waals surface area contributed by atoms with Crippen molar-refractivity contribution in [1.82, 2.24) is 14.9 Å². The molecule has 1 fully saturated rings. The Kier molecular flexibility index (Phi) is 8.48. The van der Waals surface area contributed by atoms with Crippen molar-refractivity contribution in [3.63, 3.8) is 0 Å². The number of sulfonamides is 1. The summed E-state index contributed by atoms with van der Waals surface area (Å²) in [5.41, 5.74) is 1.42. The highest BCUT2D eigenvalue weighted by Gasteiger charge is 2.61. The number of carbonyl (C=O) groups excluding carboxylic acids is 1. The average molecular weight is 655 g/mol. The SMILES string of the molecule is CCOc1cc(OC)ccc1C1(N2CCN(c3ccnc(C)c3)CC2)C(=O)N(S(=O)(=O)c2ccc(OC)cn2)c2ccc(C#N)cc21. The normalized spacial score (nSPS) is 18.1. The van der Waals surface area contributed by atoms with E-state index in [4.69, 9.17) is 14.2 Å². The van der Waals surface area contributed by atoms with Crippen molar-refractivity contribution in [2.45, 2.75) is 24.4 Å². The number of hydrogen-bond acceptors (Lipinski definition) is 11. The molecule has 242 valence electrons. The second kappa shape index (κ2) is 12.5. The number of anilines is 2. The number of benzene rings is 2. The molecule has 2 aromatic heterocycles. The summed E-state index contributed by atoms with van der Waals surface area (Å²) in [5, 5.41) is 9.65. The highest BCUT2D eigenvalue weighted by Crippen LogP contribution is 2.53. The number of aryl methyl sites for hydroxylation is 1. The number of pyridine rings is 2. The van der Waals surface area contributed by atoms with Gasteiger partial charge in [-0.25, -0.2) is 4.98 Å². The largest absolute Gasteiger partial charge is 0.497 e. The Balaban J connectivity index is 1.57. The quantitative estimate of drug-likeness (QED) is 0.260.